The molecule has 1 aliphatic rings. The van der Waals surface area contributed by atoms with Crippen LogP contribution in [-0.4, -0.2) is 50.2 Å². The predicted molar refractivity (Wildman–Crippen MR) is 115 cm³/mol. The van der Waals surface area contributed by atoms with Gasteiger partial charge in [0.1, 0.15) is 5.82 Å². The summed E-state index contributed by atoms with van der Waals surface area (Å²) in [6.07, 6.45) is 3.61. The molecule has 1 fully saturated rings. The van der Waals surface area contributed by atoms with Crippen LogP contribution in [0.25, 0.3) is 11.0 Å². The average Bonchev–Trinajstić information content (AvgIpc) is 3.16. The molecule has 30 heavy (non-hydrogen) atoms. The van der Waals surface area contributed by atoms with E-state index in [1.54, 1.807) is 6.20 Å². The van der Waals surface area contributed by atoms with Gasteiger partial charge in [0.25, 0.3) is 0 Å². The van der Waals surface area contributed by atoms with Gasteiger partial charge in [-0.2, -0.15) is 4.98 Å². The van der Waals surface area contributed by atoms with E-state index < -0.39 is 11.7 Å². The Labute approximate surface area is 173 Å². The van der Waals surface area contributed by atoms with Gasteiger partial charge in [-0.05, 0) is 37.8 Å². The number of carboxylic acids is 1. The number of carbonyl (C=O) groups is 1. The van der Waals surface area contributed by atoms with E-state index >= 15 is 0 Å². The summed E-state index contributed by atoms with van der Waals surface area (Å²) in [5, 5.41) is 12.2. The number of para-hydroxylation sites is 2. The first kappa shape index (κ1) is 19.9. The van der Waals surface area contributed by atoms with Gasteiger partial charge >= 0.3 is 11.7 Å². The fraction of sp³-hybridized carbons (Fsp3) is 0.429. The fourth-order valence-corrected chi connectivity index (χ4v) is 3.91. The zero-order chi connectivity index (χ0) is 21.1. The van der Waals surface area contributed by atoms with Crippen LogP contribution in [0.5, 0.6) is 0 Å². The highest BCUT2D eigenvalue weighted by Crippen LogP contribution is 2.24. The van der Waals surface area contributed by atoms with Gasteiger partial charge in [0.15, 0.2) is 0 Å². The maximum atomic E-state index is 12.3. The number of nitrogens with zero attached hydrogens (tertiary/aromatic N) is 4. The minimum absolute atomic E-state index is 0.0933. The first-order valence-corrected chi connectivity index (χ1v) is 10.2. The summed E-state index contributed by atoms with van der Waals surface area (Å²) >= 11 is 0. The number of fused-ring (bicyclic) bond motifs is 1. The van der Waals surface area contributed by atoms with Gasteiger partial charge in [0, 0.05) is 37.9 Å². The highest BCUT2D eigenvalue weighted by Gasteiger charge is 2.22. The average molecular weight is 410 g/mol. The Morgan fingerprint density at radius 1 is 1.27 bits per heavy atom. The van der Waals surface area contributed by atoms with E-state index in [1.807, 2.05) is 31.2 Å². The molecule has 158 valence electrons. The van der Waals surface area contributed by atoms with Crippen LogP contribution in [0.4, 0.5) is 11.8 Å². The molecule has 0 atom stereocenters. The maximum absolute atomic E-state index is 12.3. The van der Waals surface area contributed by atoms with Crippen LogP contribution >= 0.6 is 0 Å². The Morgan fingerprint density at radius 2 is 2.03 bits per heavy atom. The number of aromatic amines is 1. The van der Waals surface area contributed by atoms with Crippen LogP contribution in [-0.2, 0) is 11.3 Å². The highest BCUT2D eigenvalue weighted by molar-refractivity contribution is 5.77. The monoisotopic (exact) mass is 410 g/mol. The minimum Gasteiger partial charge on any atom is -0.481 e. The summed E-state index contributed by atoms with van der Waals surface area (Å²) in [6, 6.07) is 7.96. The second-order valence-electron chi connectivity index (χ2n) is 7.78. The SMILES string of the molecule is Cc1cn(CCC(=O)O)c(=O)nc1N1CCC(CNc2nc3ccccc3[nH]2)CC1. The van der Waals surface area contributed by atoms with Gasteiger partial charge < -0.3 is 20.3 Å². The third kappa shape index (κ3) is 4.45. The quantitative estimate of drug-likeness (QED) is 0.547. The van der Waals surface area contributed by atoms with E-state index in [0.29, 0.717) is 11.7 Å². The predicted octanol–water partition coefficient (Wildman–Crippen LogP) is 2.23. The number of hydrogen-bond acceptors (Lipinski definition) is 6. The van der Waals surface area contributed by atoms with Crippen molar-refractivity contribution >= 4 is 28.8 Å². The number of nitrogens with one attached hydrogen (secondary N) is 2. The zero-order valence-electron chi connectivity index (χ0n) is 17.0. The molecule has 0 saturated carbocycles. The zero-order valence-corrected chi connectivity index (χ0v) is 17.0. The van der Waals surface area contributed by atoms with Crippen molar-refractivity contribution in [2.24, 2.45) is 5.92 Å². The van der Waals surface area contributed by atoms with Crippen LogP contribution in [0.2, 0.25) is 0 Å². The normalized spacial score (nSPS) is 14.9. The van der Waals surface area contributed by atoms with E-state index in [2.05, 4.69) is 25.2 Å². The van der Waals surface area contributed by atoms with E-state index in [1.165, 1.54) is 4.57 Å². The summed E-state index contributed by atoms with van der Waals surface area (Å²) in [6.45, 7) is 4.56. The Bertz CT molecular complexity index is 1060. The molecule has 0 amide bonds. The lowest BCUT2D eigenvalue weighted by Crippen LogP contribution is -2.38. The lowest BCUT2D eigenvalue weighted by Gasteiger charge is -2.33. The molecular weight excluding hydrogens is 384 g/mol. The molecule has 9 heteroatoms. The first-order valence-electron chi connectivity index (χ1n) is 10.2. The molecule has 3 aromatic rings. The van der Waals surface area contributed by atoms with Crippen LogP contribution in [0, 0.1) is 12.8 Å². The smallest absolute Gasteiger partial charge is 0.349 e. The summed E-state index contributed by atoms with van der Waals surface area (Å²) in [5.74, 6) is 1.09. The second kappa shape index (κ2) is 8.56. The van der Waals surface area contributed by atoms with Crippen molar-refractivity contribution in [2.75, 3.05) is 29.9 Å². The molecule has 0 aliphatic carbocycles. The topological polar surface area (TPSA) is 116 Å². The molecule has 0 radical (unpaired) electrons. The molecular formula is C21H26N6O3. The van der Waals surface area contributed by atoms with Gasteiger partial charge in [-0.3, -0.25) is 9.36 Å². The molecule has 3 N–H and O–H groups in total. The van der Waals surface area contributed by atoms with Crippen LogP contribution in [0.15, 0.2) is 35.3 Å². The molecule has 3 heterocycles. The molecule has 0 bridgehead atoms. The maximum Gasteiger partial charge on any atom is 0.349 e. The number of piperidine rings is 1. The van der Waals surface area contributed by atoms with Gasteiger partial charge in [-0.25, -0.2) is 9.78 Å². The van der Waals surface area contributed by atoms with E-state index in [-0.39, 0.29) is 13.0 Å². The molecule has 9 nitrogen and oxygen atoms in total. The fourth-order valence-electron chi connectivity index (χ4n) is 3.91. The highest BCUT2D eigenvalue weighted by atomic mass is 16.4. The van der Waals surface area contributed by atoms with Gasteiger partial charge in [0.05, 0.1) is 17.5 Å². The van der Waals surface area contributed by atoms with Crippen molar-refractivity contribution in [3.8, 4) is 0 Å². The summed E-state index contributed by atoms with van der Waals surface area (Å²) < 4.78 is 1.37. The number of imidazole rings is 1. The van der Waals surface area contributed by atoms with Crippen molar-refractivity contribution in [2.45, 2.75) is 32.7 Å². The Morgan fingerprint density at radius 3 is 2.77 bits per heavy atom. The number of rotatable bonds is 7. The van der Waals surface area contributed by atoms with Gasteiger partial charge in [-0.15, -0.1) is 0 Å². The molecule has 0 unspecified atom stereocenters. The third-order valence-corrected chi connectivity index (χ3v) is 5.58. The van der Waals surface area contributed by atoms with E-state index in [9.17, 15) is 9.59 Å². The summed E-state index contributed by atoms with van der Waals surface area (Å²) in [5.41, 5.74) is 2.47. The standard InChI is InChI=1S/C21H26N6O3/c1-14-13-27(11-8-18(28)29)21(30)25-19(14)26-9-6-15(7-10-26)12-22-20-23-16-4-2-3-5-17(16)24-20/h2-5,13,15H,6-12H2,1H3,(H,28,29)(H2,22,23,24). The Kier molecular flexibility index (Phi) is 5.69. The number of carboxylic acid groups (broad SMARTS) is 1. The molecule has 0 spiro atoms. The summed E-state index contributed by atoms with van der Waals surface area (Å²) in [4.78, 5) is 37.2. The minimum atomic E-state index is -0.929. The molecule has 1 aliphatic heterocycles. The van der Waals surface area contributed by atoms with E-state index in [4.69, 9.17) is 5.11 Å². The number of anilines is 2. The van der Waals surface area contributed by atoms with Crippen molar-refractivity contribution < 1.29 is 9.90 Å². The Balaban J connectivity index is 1.33. The summed E-state index contributed by atoms with van der Waals surface area (Å²) in [7, 11) is 0. The van der Waals surface area contributed by atoms with Crippen LogP contribution in [0.1, 0.15) is 24.8 Å². The second-order valence-corrected chi connectivity index (χ2v) is 7.78. The molecule has 1 aromatic carbocycles. The van der Waals surface area contributed by atoms with Crippen molar-refractivity contribution in [1.82, 2.24) is 19.5 Å². The third-order valence-electron chi connectivity index (χ3n) is 5.58. The molecule has 2 aromatic heterocycles. The number of aromatic nitrogens is 4. The first-order chi connectivity index (χ1) is 14.5. The Hall–Kier alpha value is -3.36. The van der Waals surface area contributed by atoms with Crippen molar-refractivity contribution in [3.05, 3.63) is 46.5 Å². The number of aryl methyl sites for hydroxylation is 2. The molecule has 1 saturated heterocycles. The lowest BCUT2D eigenvalue weighted by molar-refractivity contribution is -0.137. The van der Waals surface area contributed by atoms with Crippen molar-refractivity contribution in [1.29, 1.82) is 0 Å². The number of H-pyrrole nitrogens is 1. The largest absolute Gasteiger partial charge is 0.481 e. The van der Waals surface area contributed by atoms with Crippen LogP contribution < -0.4 is 15.9 Å². The molecule has 4 rings (SSSR count). The van der Waals surface area contributed by atoms with Gasteiger partial charge in [-0.1, -0.05) is 12.1 Å². The lowest BCUT2D eigenvalue weighted by atomic mass is 9.96. The van der Waals surface area contributed by atoms with Crippen LogP contribution in [0.3, 0.4) is 0 Å². The van der Waals surface area contributed by atoms with Gasteiger partial charge in [0.2, 0.25) is 5.95 Å². The van der Waals surface area contributed by atoms with E-state index in [0.717, 1.165) is 55.0 Å². The number of aliphatic carboxylic acids is 1. The number of hydrogen-bond donors (Lipinski definition) is 3. The van der Waals surface area contributed by atoms with Crippen molar-refractivity contribution in [3.63, 3.8) is 0 Å². The number of benzene rings is 1.